The summed E-state index contributed by atoms with van der Waals surface area (Å²) in [6, 6.07) is 0. The number of allylic oxidation sites excluding steroid dienone is 26. The summed E-state index contributed by atoms with van der Waals surface area (Å²) in [6.07, 6.45) is 112. The van der Waals surface area contributed by atoms with E-state index in [4.69, 9.17) is 18.5 Å². The highest BCUT2D eigenvalue weighted by molar-refractivity contribution is 7.47. The van der Waals surface area contributed by atoms with E-state index in [9.17, 15) is 19.0 Å². The molecule has 96 heavy (non-hydrogen) atoms. The van der Waals surface area contributed by atoms with Gasteiger partial charge in [-0.2, -0.15) is 0 Å². The second-order valence-electron chi connectivity index (χ2n) is 27.0. The molecule has 0 aromatic rings. The first-order valence-corrected chi connectivity index (χ1v) is 40.7. The Labute approximate surface area is 592 Å². The number of unbranched alkanes of at least 4 members (excludes halogenated alkanes) is 31. The SMILES string of the molecule is CC/C=C\C/C=C\C/C=C\C/C=C\C/C=C\C/C=C\C/C=C\C/C=C\C/C=C\CCCCCCCCCCCCCC(=O)OC(COC(=O)CCCCCCCCCCCCCCCCCCCCCC/C=C\C/C=C\C/C=C\C/C=C\CC)COP(=O)(O)OCC[N+](C)(C)C. The van der Waals surface area contributed by atoms with Crippen molar-refractivity contribution in [1.82, 2.24) is 0 Å². The number of likely N-dealkylation sites (N-methyl/N-ethyl adjacent to an activating group) is 1. The number of phosphoric acid groups is 1. The van der Waals surface area contributed by atoms with Gasteiger partial charge in [0.15, 0.2) is 6.10 Å². The number of ether oxygens (including phenoxy) is 2. The van der Waals surface area contributed by atoms with Crippen LogP contribution in [0.25, 0.3) is 0 Å². The molecule has 0 heterocycles. The molecular weight excluding hydrogens is 1210 g/mol. The van der Waals surface area contributed by atoms with E-state index in [0.717, 1.165) is 128 Å². The van der Waals surface area contributed by atoms with Crippen LogP contribution in [0, 0.1) is 0 Å². The van der Waals surface area contributed by atoms with Gasteiger partial charge in [-0.05, 0) is 122 Å². The van der Waals surface area contributed by atoms with Crippen LogP contribution in [0.5, 0.6) is 0 Å². The number of hydrogen-bond donors (Lipinski definition) is 1. The van der Waals surface area contributed by atoms with Crippen LogP contribution in [0.1, 0.15) is 322 Å². The molecule has 1 N–H and O–H groups in total. The normalized spacial score (nSPS) is 13.9. The van der Waals surface area contributed by atoms with Crippen LogP contribution < -0.4 is 0 Å². The molecule has 0 aromatic carbocycles. The van der Waals surface area contributed by atoms with Crippen LogP contribution in [0.4, 0.5) is 0 Å². The van der Waals surface area contributed by atoms with E-state index < -0.39 is 26.5 Å². The molecule has 9 nitrogen and oxygen atoms in total. The van der Waals surface area contributed by atoms with Crippen molar-refractivity contribution in [3.05, 3.63) is 158 Å². The van der Waals surface area contributed by atoms with Crippen molar-refractivity contribution >= 4 is 19.8 Å². The zero-order chi connectivity index (χ0) is 69.7. The Morgan fingerprint density at radius 2 is 0.562 bits per heavy atom. The van der Waals surface area contributed by atoms with Crippen molar-refractivity contribution in [2.45, 2.75) is 328 Å². The molecule has 0 spiro atoms. The lowest BCUT2D eigenvalue weighted by Crippen LogP contribution is -2.37. The minimum absolute atomic E-state index is 0.0260. The minimum atomic E-state index is -4.40. The van der Waals surface area contributed by atoms with Crippen LogP contribution in [0.3, 0.4) is 0 Å². The number of quaternary nitrogens is 1. The Hall–Kier alpha value is -4.37. The Morgan fingerprint density at radius 1 is 0.323 bits per heavy atom. The third-order valence-electron chi connectivity index (χ3n) is 16.6. The number of phosphoric ester groups is 1. The molecule has 0 saturated heterocycles. The third-order valence-corrected chi connectivity index (χ3v) is 17.5. The molecule has 0 rings (SSSR count). The summed E-state index contributed by atoms with van der Waals surface area (Å²) in [7, 11) is 1.47. The van der Waals surface area contributed by atoms with Crippen molar-refractivity contribution in [3.8, 4) is 0 Å². The standard InChI is InChI=1S/C86H146NO8P/c1-6-8-10-12-14-16-18-20-22-24-26-28-30-32-34-36-38-40-41-42-43-44-45-47-49-51-53-55-57-59-61-63-65-67-69-71-73-75-77-79-86(89)95-84(83-94-96(90,91)93-81-80-87(3,4)5)82-92-85(88)78-76-74-72-70-68-66-64-62-60-58-56-54-52-50-48-46-39-37-35-33-31-29-27-25-23-21-19-17-15-13-11-9-7-2/h8-11,14-17,20-23,26-29,32,34,38,40,42-43,45,47,51,53,84H,6-7,12-13,18-19,24-25,30-31,33,35-37,39,41,44,46,48-50,52,54-83H2,1-5H3/p+1/b10-8-,11-9-,16-14-,17-15-,22-20-,23-21-,28-26-,29-27-,34-32-,40-38-,43-42-,47-45-,53-51-. The van der Waals surface area contributed by atoms with Gasteiger partial charge in [0.2, 0.25) is 0 Å². The molecule has 2 atom stereocenters. The summed E-state index contributed by atoms with van der Waals surface area (Å²) in [5.41, 5.74) is 0. The molecule has 0 saturated carbocycles. The molecule has 0 aliphatic carbocycles. The highest BCUT2D eigenvalue weighted by atomic mass is 31.2. The van der Waals surface area contributed by atoms with Crippen molar-refractivity contribution < 1.29 is 42.1 Å². The van der Waals surface area contributed by atoms with Crippen LogP contribution in [0.2, 0.25) is 0 Å². The molecular formula is C86H147NO8P+. The lowest BCUT2D eigenvalue weighted by Gasteiger charge is -2.24. The van der Waals surface area contributed by atoms with Gasteiger partial charge in [-0.3, -0.25) is 18.6 Å². The van der Waals surface area contributed by atoms with Gasteiger partial charge in [0, 0.05) is 12.8 Å². The number of carbonyl (C=O) groups is 2. The fourth-order valence-corrected chi connectivity index (χ4v) is 11.4. The predicted octanol–water partition coefficient (Wildman–Crippen LogP) is 26.3. The van der Waals surface area contributed by atoms with E-state index in [2.05, 4.69) is 172 Å². The average Bonchev–Trinajstić information content (AvgIpc) is 1.98. The molecule has 0 fully saturated rings. The summed E-state index contributed by atoms with van der Waals surface area (Å²) in [4.78, 5) is 36.0. The van der Waals surface area contributed by atoms with Crippen LogP contribution in [0.15, 0.2) is 158 Å². The first-order valence-electron chi connectivity index (χ1n) is 39.2. The number of hydrogen-bond acceptors (Lipinski definition) is 7. The number of nitrogens with zero attached hydrogens (tertiary/aromatic N) is 1. The van der Waals surface area contributed by atoms with Crippen LogP contribution in [-0.2, 0) is 32.7 Å². The lowest BCUT2D eigenvalue weighted by atomic mass is 10.0. The van der Waals surface area contributed by atoms with E-state index in [1.807, 2.05) is 21.1 Å². The summed E-state index contributed by atoms with van der Waals surface area (Å²) < 4.78 is 34.8. The van der Waals surface area contributed by atoms with Crippen molar-refractivity contribution in [2.24, 2.45) is 0 Å². The van der Waals surface area contributed by atoms with Gasteiger partial charge in [-0.1, -0.05) is 345 Å². The summed E-state index contributed by atoms with van der Waals surface area (Å²) in [6.45, 7) is 4.22. The molecule has 548 valence electrons. The predicted molar refractivity (Wildman–Crippen MR) is 417 cm³/mol. The van der Waals surface area contributed by atoms with E-state index in [1.165, 1.54) is 161 Å². The van der Waals surface area contributed by atoms with Gasteiger partial charge in [0.1, 0.15) is 19.8 Å². The fraction of sp³-hybridized carbons (Fsp3) is 0.674. The maximum atomic E-state index is 12.9. The van der Waals surface area contributed by atoms with E-state index in [0.29, 0.717) is 17.4 Å². The summed E-state index contributed by atoms with van der Waals surface area (Å²) >= 11 is 0. The molecule has 10 heteroatoms. The van der Waals surface area contributed by atoms with Gasteiger partial charge < -0.3 is 18.9 Å². The maximum absolute atomic E-state index is 12.9. The van der Waals surface area contributed by atoms with E-state index in [-0.39, 0.29) is 32.0 Å². The van der Waals surface area contributed by atoms with E-state index >= 15 is 0 Å². The van der Waals surface area contributed by atoms with Gasteiger partial charge >= 0.3 is 19.8 Å². The van der Waals surface area contributed by atoms with Crippen molar-refractivity contribution in [1.29, 1.82) is 0 Å². The topological polar surface area (TPSA) is 108 Å². The van der Waals surface area contributed by atoms with Crippen LogP contribution in [-0.4, -0.2) is 74.9 Å². The first kappa shape index (κ1) is 91.6. The zero-order valence-corrected chi connectivity index (χ0v) is 63.5. The van der Waals surface area contributed by atoms with Gasteiger partial charge in [-0.25, -0.2) is 4.57 Å². The Morgan fingerprint density at radius 3 is 0.833 bits per heavy atom. The lowest BCUT2D eigenvalue weighted by molar-refractivity contribution is -0.870. The maximum Gasteiger partial charge on any atom is 0.472 e. The van der Waals surface area contributed by atoms with Crippen LogP contribution >= 0.6 is 7.82 Å². The molecule has 0 bridgehead atoms. The highest BCUT2D eigenvalue weighted by Crippen LogP contribution is 2.43. The monoisotopic (exact) mass is 1350 g/mol. The number of esters is 2. The smallest absolute Gasteiger partial charge is 0.462 e. The van der Waals surface area contributed by atoms with Crippen molar-refractivity contribution in [2.75, 3.05) is 47.5 Å². The largest absolute Gasteiger partial charge is 0.472 e. The molecule has 0 radical (unpaired) electrons. The highest BCUT2D eigenvalue weighted by Gasteiger charge is 2.27. The van der Waals surface area contributed by atoms with Gasteiger partial charge in [0.25, 0.3) is 0 Å². The summed E-state index contributed by atoms with van der Waals surface area (Å²) in [5, 5.41) is 0. The van der Waals surface area contributed by atoms with Crippen molar-refractivity contribution in [3.63, 3.8) is 0 Å². The molecule has 0 aliphatic rings. The number of carbonyl (C=O) groups excluding carboxylic acids is 2. The molecule has 0 aromatic heterocycles. The molecule has 0 aliphatic heterocycles. The molecule has 2 unspecified atom stereocenters. The Kier molecular flexibility index (Phi) is 71.4. The van der Waals surface area contributed by atoms with Gasteiger partial charge in [0.05, 0.1) is 27.7 Å². The third kappa shape index (κ3) is 78.6. The van der Waals surface area contributed by atoms with E-state index in [1.54, 1.807) is 0 Å². The Balaban J connectivity index is 4.02. The zero-order valence-electron chi connectivity index (χ0n) is 62.6. The molecule has 0 amide bonds. The first-order chi connectivity index (χ1) is 47.0. The Bertz CT molecular complexity index is 2180. The minimum Gasteiger partial charge on any atom is -0.462 e. The summed E-state index contributed by atoms with van der Waals surface area (Å²) in [5.74, 6) is -0.797. The average molecular weight is 1350 g/mol. The second kappa shape index (κ2) is 74.8. The second-order valence-corrected chi connectivity index (χ2v) is 28.4. The van der Waals surface area contributed by atoms with Gasteiger partial charge in [-0.15, -0.1) is 0 Å². The number of rotatable bonds is 71. The quantitative estimate of drug-likeness (QED) is 0.0211. The fourth-order valence-electron chi connectivity index (χ4n) is 10.6.